The fourth-order valence-electron chi connectivity index (χ4n) is 2.95. The predicted octanol–water partition coefficient (Wildman–Crippen LogP) is 2.95. The normalized spacial score (nSPS) is 33.0. The van der Waals surface area contributed by atoms with Crippen LogP contribution in [0.5, 0.6) is 0 Å². The molecule has 96 valence electrons. The monoisotopic (exact) mass is 227 g/mol. The lowest BCUT2D eigenvalue weighted by Crippen LogP contribution is -2.46. The van der Waals surface area contributed by atoms with Crippen molar-refractivity contribution in [2.75, 3.05) is 6.54 Å². The van der Waals surface area contributed by atoms with E-state index in [1.54, 1.807) is 0 Å². The summed E-state index contributed by atoms with van der Waals surface area (Å²) in [5.74, 6) is 1.41. The molecule has 16 heavy (non-hydrogen) atoms. The molecule has 2 nitrogen and oxygen atoms in total. The molecule has 0 heterocycles. The van der Waals surface area contributed by atoms with Crippen LogP contribution >= 0.6 is 0 Å². The van der Waals surface area contributed by atoms with Crippen LogP contribution in [0.25, 0.3) is 0 Å². The lowest BCUT2D eigenvalue weighted by atomic mass is 9.79. The molecular formula is C14H29NO. The van der Waals surface area contributed by atoms with Crippen LogP contribution in [-0.2, 0) is 0 Å². The van der Waals surface area contributed by atoms with Gasteiger partial charge in [-0.2, -0.15) is 0 Å². The lowest BCUT2D eigenvalue weighted by molar-refractivity contribution is -0.0137. The molecule has 0 aliphatic heterocycles. The van der Waals surface area contributed by atoms with Gasteiger partial charge in [-0.25, -0.2) is 0 Å². The van der Waals surface area contributed by atoms with Crippen molar-refractivity contribution in [2.24, 2.45) is 11.8 Å². The molecule has 0 aromatic rings. The summed E-state index contributed by atoms with van der Waals surface area (Å²) in [6.45, 7) is 9.73. The van der Waals surface area contributed by atoms with Gasteiger partial charge in [-0.3, -0.25) is 0 Å². The second kappa shape index (κ2) is 6.02. The van der Waals surface area contributed by atoms with E-state index in [0.29, 0.717) is 12.0 Å². The summed E-state index contributed by atoms with van der Waals surface area (Å²) >= 11 is 0. The van der Waals surface area contributed by atoms with Crippen molar-refractivity contribution in [2.45, 2.75) is 71.4 Å². The van der Waals surface area contributed by atoms with Gasteiger partial charge < -0.3 is 10.4 Å². The van der Waals surface area contributed by atoms with E-state index in [4.69, 9.17) is 0 Å². The highest BCUT2D eigenvalue weighted by molar-refractivity contribution is 4.87. The maximum atomic E-state index is 10.5. The molecule has 1 rings (SSSR count). The van der Waals surface area contributed by atoms with E-state index in [1.165, 1.54) is 19.3 Å². The number of aliphatic hydroxyl groups is 1. The third-order valence-electron chi connectivity index (χ3n) is 3.67. The van der Waals surface area contributed by atoms with Crippen LogP contribution in [0, 0.1) is 11.8 Å². The number of hydrogen-bond donors (Lipinski definition) is 2. The van der Waals surface area contributed by atoms with Crippen LogP contribution in [0.1, 0.15) is 59.8 Å². The largest absolute Gasteiger partial charge is 0.389 e. The molecule has 1 saturated carbocycles. The zero-order valence-corrected chi connectivity index (χ0v) is 11.4. The Labute approximate surface area is 101 Å². The van der Waals surface area contributed by atoms with E-state index in [2.05, 4.69) is 33.0 Å². The summed E-state index contributed by atoms with van der Waals surface area (Å²) in [7, 11) is 0. The lowest BCUT2D eigenvalue weighted by Gasteiger charge is -2.36. The van der Waals surface area contributed by atoms with E-state index in [1.807, 2.05) is 0 Å². The van der Waals surface area contributed by atoms with E-state index < -0.39 is 5.60 Å². The molecule has 3 atom stereocenters. The molecule has 0 radical (unpaired) electrons. The first-order valence-corrected chi connectivity index (χ1v) is 6.87. The first-order chi connectivity index (χ1) is 7.41. The quantitative estimate of drug-likeness (QED) is 0.757. The first-order valence-electron chi connectivity index (χ1n) is 6.87. The molecule has 1 aliphatic rings. The Balaban J connectivity index is 2.29. The third kappa shape index (κ3) is 4.84. The Morgan fingerprint density at radius 3 is 2.62 bits per heavy atom. The van der Waals surface area contributed by atoms with E-state index in [9.17, 15) is 5.11 Å². The first kappa shape index (κ1) is 14.0. The topological polar surface area (TPSA) is 32.3 Å². The summed E-state index contributed by atoms with van der Waals surface area (Å²) in [5.41, 5.74) is -0.442. The molecule has 1 fully saturated rings. The molecule has 2 N–H and O–H groups in total. The van der Waals surface area contributed by atoms with Crippen molar-refractivity contribution in [1.29, 1.82) is 0 Å². The van der Waals surface area contributed by atoms with Gasteiger partial charge in [0.2, 0.25) is 0 Å². The molecule has 3 unspecified atom stereocenters. The van der Waals surface area contributed by atoms with Crippen LogP contribution in [0.2, 0.25) is 0 Å². The highest BCUT2D eigenvalue weighted by Crippen LogP contribution is 2.31. The Kier molecular flexibility index (Phi) is 5.26. The fraction of sp³-hybridized carbons (Fsp3) is 1.00. The molecule has 0 bridgehead atoms. The molecule has 0 spiro atoms. The van der Waals surface area contributed by atoms with Crippen molar-refractivity contribution in [3.05, 3.63) is 0 Å². The number of hydrogen-bond acceptors (Lipinski definition) is 2. The van der Waals surface area contributed by atoms with Crippen molar-refractivity contribution >= 4 is 0 Å². The van der Waals surface area contributed by atoms with Crippen molar-refractivity contribution in [3.8, 4) is 0 Å². The summed E-state index contributed by atoms with van der Waals surface area (Å²) in [6, 6.07) is 0.515. The van der Waals surface area contributed by atoms with Crippen molar-refractivity contribution in [3.63, 3.8) is 0 Å². The van der Waals surface area contributed by atoms with Gasteiger partial charge in [-0.1, -0.05) is 33.6 Å². The van der Waals surface area contributed by atoms with Crippen molar-refractivity contribution < 1.29 is 5.11 Å². The number of rotatable bonds is 5. The number of nitrogens with one attached hydrogen (secondary N) is 1. The third-order valence-corrected chi connectivity index (χ3v) is 3.67. The minimum atomic E-state index is -0.442. The zero-order valence-electron chi connectivity index (χ0n) is 11.4. The average molecular weight is 227 g/mol. The highest BCUT2D eigenvalue weighted by atomic mass is 16.3. The van der Waals surface area contributed by atoms with Gasteiger partial charge in [0.25, 0.3) is 0 Å². The van der Waals surface area contributed by atoms with Gasteiger partial charge in [0.05, 0.1) is 5.60 Å². The molecule has 1 aliphatic carbocycles. The van der Waals surface area contributed by atoms with Gasteiger partial charge in [0, 0.05) is 12.6 Å². The Morgan fingerprint density at radius 2 is 2.06 bits per heavy atom. The highest BCUT2D eigenvalue weighted by Gasteiger charge is 2.32. The van der Waals surface area contributed by atoms with Gasteiger partial charge in [0.15, 0.2) is 0 Å². The second-order valence-electron chi connectivity index (χ2n) is 6.34. The molecule has 0 aromatic carbocycles. The summed E-state index contributed by atoms with van der Waals surface area (Å²) in [6.07, 6.45) is 5.58. The SMILES string of the molecule is CC(C)CC(C)NCC1(O)CCCC(C)C1. The Hall–Kier alpha value is -0.0800. The molecule has 2 heteroatoms. The molecular weight excluding hydrogens is 198 g/mol. The smallest absolute Gasteiger partial charge is 0.0774 e. The van der Waals surface area contributed by atoms with E-state index in [0.717, 1.165) is 25.3 Å². The van der Waals surface area contributed by atoms with Gasteiger partial charge in [0.1, 0.15) is 0 Å². The minimum Gasteiger partial charge on any atom is -0.389 e. The predicted molar refractivity (Wildman–Crippen MR) is 69.5 cm³/mol. The van der Waals surface area contributed by atoms with Gasteiger partial charge in [-0.15, -0.1) is 0 Å². The average Bonchev–Trinajstić information content (AvgIpc) is 2.13. The second-order valence-corrected chi connectivity index (χ2v) is 6.34. The summed E-state index contributed by atoms with van der Waals surface area (Å²) in [4.78, 5) is 0. The summed E-state index contributed by atoms with van der Waals surface area (Å²) < 4.78 is 0. The molecule has 0 aromatic heterocycles. The zero-order chi connectivity index (χ0) is 12.2. The van der Waals surface area contributed by atoms with E-state index >= 15 is 0 Å². The molecule has 0 amide bonds. The van der Waals surface area contributed by atoms with Crippen LogP contribution < -0.4 is 5.32 Å². The van der Waals surface area contributed by atoms with E-state index in [-0.39, 0.29) is 0 Å². The fourth-order valence-corrected chi connectivity index (χ4v) is 2.95. The van der Waals surface area contributed by atoms with Crippen LogP contribution in [0.3, 0.4) is 0 Å². The maximum Gasteiger partial charge on any atom is 0.0774 e. The minimum absolute atomic E-state index is 0.442. The summed E-state index contributed by atoms with van der Waals surface area (Å²) in [5, 5.41) is 14.0. The van der Waals surface area contributed by atoms with Gasteiger partial charge >= 0.3 is 0 Å². The van der Waals surface area contributed by atoms with Crippen molar-refractivity contribution in [1.82, 2.24) is 5.32 Å². The van der Waals surface area contributed by atoms with Gasteiger partial charge in [-0.05, 0) is 38.0 Å². The molecule has 0 saturated heterocycles. The standard InChI is InChI=1S/C14H29NO/c1-11(2)8-13(4)15-10-14(16)7-5-6-12(3)9-14/h11-13,15-16H,5-10H2,1-4H3. The van der Waals surface area contributed by atoms with Crippen LogP contribution in [-0.4, -0.2) is 23.3 Å². The maximum absolute atomic E-state index is 10.5. The Morgan fingerprint density at radius 1 is 1.38 bits per heavy atom. The Bertz CT molecular complexity index is 205. The van der Waals surface area contributed by atoms with Crippen LogP contribution in [0.4, 0.5) is 0 Å². The van der Waals surface area contributed by atoms with Crippen LogP contribution in [0.15, 0.2) is 0 Å².